The quantitative estimate of drug-likeness (QED) is 0.887. The number of carbonyl (C=O) groups excluding carboxylic acids is 1. The number of nitrogens with one attached hydrogen (secondary N) is 2. The van der Waals surface area contributed by atoms with E-state index >= 15 is 0 Å². The number of benzene rings is 1. The molecular weight excluding hydrogens is 310 g/mol. The van der Waals surface area contributed by atoms with E-state index in [1.807, 2.05) is 31.2 Å². The molecule has 2 rings (SSSR count). The molecule has 1 aliphatic heterocycles. The summed E-state index contributed by atoms with van der Waals surface area (Å²) in [5.74, 6) is -2.70. The van der Waals surface area contributed by atoms with E-state index in [0.717, 1.165) is 5.56 Å². The van der Waals surface area contributed by atoms with Crippen LogP contribution in [0.1, 0.15) is 50.3 Å². The molecule has 2 atom stereocenters. The Labute approximate surface area is 136 Å². The maximum atomic E-state index is 13.1. The van der Waals surface area contributed by atoms with E-state index in [1.54, 1.807) is 0 Å². The molecule has 1 heterocycles. The number of amides is 1. The van der Waals surface area contributed by atoms with Gasteiger partial charge in [0.15, 0.2) is 0 Å². The van der Waals surface area contributed by atoms with Gasteiger partial charge in [-0.3, -0.25) is 10.1 Å². The Hall–Kier alpha value is -1.20. The fraction of sp³-hybridized carbons (Fsp3) is 0.562. The second-order valence-electron chi connectivity index (χ2n) is 6.05. The van der Waals surface area contributed by atoms with Crippen molar-refractivity contribution in [1.29, 1.82) is 0 Å². The lowest BCUT2D eigenvalue weighted by Gasteiger charge is -2.18. The van der Waals surface area contributed by atoms with E-state index in [9.17, 15) is 13.6 Å². The van der Waals surface area contributed by atoms with E-state index < -0.39 is 24.9 Å². The molecule has 1 saturated heterocycles. The van der Waals surface area contributed by atoms with Gasteiger partial charge < -0.3 is 5.32 Å². The Morgan fingerprint density at radius 3 is 2.23 bits per heavy atom. The second kappa shape index (κ2) is 7.38. The Bertz CT molecular complexity index is 505. The number of halogens is 3. The first-order chi connectivity index (χ1) is 9.78. The fourth-order valence-corrected chi connectivity index (χ4v) is 2.47. The van der Waals surface area contributed by atoms with Crippen molar-refractivity contribution in [1.82, 2.24) is 10.6 Å². The first-order valence-corrected chi connectivity index (χ1v) is 7.30. The molecule has 2 unspecified atom stereocenters. The van der Waals surface area contributed by atoms with Gasteiger partial charge in [0.1, 0.15) is 0 Å². The lowest BCUT2D eigenvalue weighted by Crippen LogP contribution is -2.41. The molecule has 3 nitrogen and oxygen atoms in total. The lowest BCUT2D eigenvalue weighted by atomic mass is 9.99. The van der Waals surface area contributed by atoms with Crippen LogP contribution in [0.3, 0.4) is 0 Å². The van der Waals surface area contributed by atoms with Crippen LogP contribution < -0.4 is 10.6 Å². The zero-order valence-corrected chi connectivity index (χ0v) is 13.8. The summed E-state index contributed by atoms with van der Waals surface area (Å²) >= 11 is 0. The Balaban J connectivity index is 0.00000242. The van der Waals surface area contributed by atoms with Crippen LogP contribution in [-0.4, -0.2) is 24.4 Å². The Morgan fingerprint density at radius 1 is 1.23 bits per heavy atom. The van der Waals surface area contributed by atoms with Crippen LogP contribution >= 0.6 is 12.4 Å². The van der Waals surface area contributed by atoms with E-state index in [0.29, 0.717) is 5.92 Å². The van der Waals surface area contributed by atoms with E-state index in [2.05, 4.69) is 24.5 Å². The van der Waals surface area contributed by atoms with Gasteiger partial charge in [0.25, 0.3) is 5.92 Å². The SMILES string of the molecule is CC(C)c1ccc(C(C)NC(=O)C2CC(F)(F)CN2)cc1.Cl. The molecule has 0 aromatic heterocycles. The van der Waals surface area contributed by atoms with Gasteiger partial charge in [-0.1, -0.05) is 38.1 Å². The molecule has 1 aromatic rings. The Kier molecular flexibility index (Phi) is 6.32. The molecule has 0 bridgehead atoms. The molecule has 6 heteroatoms. The van der Waals surface area contributed by atoms with Crippen LogP contribution in [0.25, 0.3) is 0 Å². The molecular formula is C16H23ClF2N2O. The number of rotatable bonds is 4. The first-order valence-electron chi connectivity index (χ1n) is 7.30. The number of hydrogen-bond donors (Lipinski definition) is 2. The van der Waals surface area contributed by atoms with Crippen LogP contribution in [0.5, 0.6) is 0 Å². The minimum Gasteiger partial charge on any atom is -0.348 e. The second-order valence-corrected chi connectivity index (χ2v) is 6.05. The summed E-state index contributed by atoms with van der Waals surface area (Å²) in [6, 6.07) is 7.00. The summed E-state index contributed by atoms with van der Waals surface area (Å²) in [5, 5.41) is 5.36. The van der Waals surface area contributed by atoms with Crippen LogP contribution in [0.4, 0.5) is 8.78 Å². The van der Waals surface area contributed by atoms with E-state index in [1.165, 1.54) is 5.56 Å². The van der Waals surface area contributed by atoms with Gasteiger partial charge in [0.05, 0.1) is 18.6 Å². The molecule has 0 aliphatic carbocycles. The van der Waals surface area contributed by atoms with Crippen molar-refractivity contribution < 1.29 is 13.6 Å². The number of hydrogen-bond acceptors (Lipinski definition) is 2. The third-order valence-electron chi connectivity index (χ3n) is 3.89. The number of carbonyl (C=O) groups is 1. The zero-order valence-electron chi connectivity index (χ0n) is 13.0. The van der Waals surface area contributed by atoms with Crippen molar-refractivity contribution in [3.05, 3.63) is 35.4 Å². The maximum absolute atomic E-state index is 13.1. The van der Waals surface area contributed by atoms with Crippen molar-refractivity contribution in [3.63, 3.8) is 0 Å². The third-order valence-corrected chi connectivity index (χ3v) is 3.89. The molecule has 0 radical (unpaired) electrons. The van der Waals surface area contributed by atoms with Gasteiger partial charge in [0.2, 0.25) is 5.91 Å². The van der Waals surface area contributed by atoms with Gasteiger partial charge in [-0.15, -0.1) is 12.4 Å². The minimum atomic E-state index is -2.79. The third kappa shape index (κ3) is 4.65. The standard InChI is InChI=1S/C16H22F2N2O.ClH/c1-10(2)12-4-6-13(7-5-12)11(3)20-15(21)14-8-16(17,18)9-19-14;/h4-7,10-11,14,19H,8-9H2,1-3H3,(H,20,21);1H. The molecule has 1 aliphatic rings. The van der Waals surface area contributed by atoms with Crippen molar-refractivity contribution in [2.45, 2.75) is 51.1 Å². The molecule has 2 N–H and O–H groups in total. The van der Waals surface area contributed by atoms with Crippen LogP contribution in [-0.2, 0) is 4.79 Å². The van der Waals surface area contributed by atoms with Gasteiger partial charge >= 0.3 is 0 Å². The van der Waals surface area contributed by atoms with Crippen LogP contribution in [0.2, 0.25) is 0 Å². The summed E-state index contributed by atoms with van der Waals surface area (Å²) in [6.45, 7) is 5.66. The topological polar surface area (TPSA) is 41.1 Å². The van der Waals surface area contributed by atoms with Crippen molar-refractivity contribution in [2.24, 2.45) is 0 Å². The Morgan fingerprint density at radius 2 is 1.77 bits per heavy atom. The normalized spacial score (nSPS) is 21.3. The van der Waals surface area contributed by atoms with Gasteiger partial charge in [-0.2, -0.15) is 0 Å². The highest BCUT2D eigenvalue weighted by Crippen LogP contribution is 2.25. The molecule has 0 spiro atoms. The fourth-order valence-electron chi connectivity index (χ4n) is 2.47. The summed E-state index contributed by atoms with van der Waals surface area (Å²) in [7, 11) is 0. The van der Waals surface area contributed by atoms with Crippen molar-refractivity contribution in [3.8, 4) is 0 Å². The summed E-state index contributed by atoms with van der Waals surface area (Å²) < 4.78 is 26.2. The van der Waals surface area contributed by atoms with Gasteiger partial charge in [-0.05, 0) is 24.0 Å². The predicted octanol–water partition coefficient (Wildman–Crippen LogP) is 3.41. The maximum Gasteiger partial charge on any atom is 0.262 e. The lowest BCUT2D eigenvalue weighted by molar-refractivity contribution is -0.124. The average molecular weight is 333 g/mol. The number of alkyl halides is 2. The monoisotopic (exact) mass is 332 g/mol. The molecule has 1 fully saturated rings. The molecule has 0 saturated carbocycles. The predicted molar refractivity (Wildman–Crippen MR) is 85.7 cm³/mol. The highest BCUT2D eigenvalue weighted by molar-refractivity contribution is 5.85. The largest absolute Gasteiger partial charge is 0.348 e. The van der Waals surface area contributed by atoms with Crippen LogP contribution in [0.15, 0.2) is 24.3 Å². The van der Waals surface area contributed by atoms with E-state index in [-0.39, 0.29) is 24.4 Å². The first kappa shape index (κ1) is 18.8. The van der Waals surface area contributed by atoms with E-state index in [4.69, 9.17) is 0 Å². The highest BCUT2D eigenvalue weighted by atomic mass is 35.5. The summed E-state index contributed by atoms with van der Waals surface area (Å²) in [4.78, 5) is 12.0. The smallest absolute Gasteiger partial charge is 0.262 e. The summed E-state index contributed by atoms with van der Waals surface area (Å²) in [5.41, 5.74) is 2.20. The van der Waals surface area contributed by atoms with Gasteiger partial charge in [-0.25, -0.2) is 8.78 Å². The summed E-state index contributed by atoms with van der Waals surface area (Å²) in [6.07, 6.45) is -0.433. The molecule has 124 valence electrons. The van der Waals surface area contributed by atoms with Gasteiger partial charge in [0, 0.05) is 6.42 Å². The molecule has 1 aromatic carbocycles. The molecule has 22 heavy (non-hydrogen) atoms. The minimum absolute atomic E-state index is 0. The average Bonchev–Trinajstić information content (AvgIpc) is 2.79. The van der Waals surface area contributed by atoms with Crippen molar-refractivity contribution in [2.75, 3.05) is 6.54 Å². The molecule has 1 amide bonds. The zero-order chi connectivity index (χ0) is 15.6. The van der Waals surface area contributed by atoms with Crippen molar-refractivity contribution >= 4 is 18.3 Å². The highest BCUT2D eigenvalue weighted by Gasteiger charge is 2.42. The van der Waals surface area contributed by atoms with Crippen LogP contribution in [0, 0.1) is 0 Å².